The lowest BCUT2D eigenvalue weighted by Crippen LogP contribution is -2.78. The van der Waals surface area contributed by atoms with Gasteiger partial charge in [0.2, 0.25) is 5.91 Å². The summed E-state index contributed by atoms with van der Waals surface area (Å²) in [6, 6.07) is 12.6. The molecule has 0 saturated heterocycles. The first-order valence-electron chi connectivity index (χ1n) is 9.83. The van der Waals surface area contributed by atoms with Gasteiger partial charge in [-0.05, 0) is 50.3 Å². The van der Waals surface area contributed by atoms with Gasteiger partial charge in [0.05, 0.1) is 5.41 Å². The van der Waals surface area contributed by atoms with E-state index in [4.69, 9.17) is 4.74 Å². The van der Waals surface area contributed by atoms with Gasteiger partial charge in [-0.15, -0.1) is 0 Å². The van der Waals surface area contributed by atoms with Crippen LogP contribution in [0.5, 0.6) is 5.75 Å². The average Bonchev–Trinajstić information content (AvgIpc) is 2.62. The first-order chi connectivity index (χ1) is 13.8. The van der Waals surface area contributed by atoms with Gasteiger partial charge in [0.15, 0.2) is 6.61 Å². The lowest BCUT2D eigenvalue weighted by Gasteiger charge is -2.69. The van der Waals surface area contributed by atoms with E-state index < -0.39 is 0 Å². The van der Waals surface area contributed by atoms with Crippen LogP contribution >= 0.6 is 0 Å². The van der Waals surface area contributed by atoms with E-state index >= 15 is 0 Å². The number of halogens is 1. The smallest absolute Gasteiger partial charge is 0.258 e. The number of ether oxygens (including phenoxy) is 1. The van der Waals surface area contributed by atoms with E-state index in [0.717, 1.165) is 5.56 Å². The van der Waals surface area contributed by atoms with Crippen molar-refractivity contribution in [3.8, 4) is 5.75 Å². The van der Waals surface area contributed by atoms with E-state index in [1.807, 2.05) is 25.1 Å². The van der Waals surface area contributed by atoms with Crippen LogP contribution in [0.1, 0.15) is 36.0 Å². The van der Waals surface area contributed by atoms with Gasteiger partial charge >= 0.3 is 0 Å². The average molecular weight is 396 g/mol. The minimum absolute atomic E-state index is 0.0570. The van der Waals surface area contributed by atoms with Crippen LogP contribution in [0.25, 0.3) is 0 Å². The van der Waals surface area contributed by atoms with Gasteiger partial charge in [-0.25, -0.2) is 4.39 Å². The van der Waals surface area contributed by atoms with Crippen LogP contribution in [-0.2, 0) is 16.1 Å². The van der Waals surface area contributed by atoms with Crippen LogP contribution in [0.15, 0.2) is 42.5 Å². The van der Waals surface area contributed by atoms with Crippen molar-refractivity contribution in [2.75, 3.05) is 6.61 Å². The zero-order chi connectivity index (χ0) is 20.6. The molecule has 3 fully saturated rings. The van der Waals surface area contributed by atoms with Crippen LogP contribution in [0, 0.1) is 25.1 Å². The summed E-state index contributed by atoms with van der Waals surface area (Å²) in [5.41, 5.74) is 2.14. The van der Waals surface area contributed by atoms with Crippen molar-refractivity contribution in [2.24, 2.45) is 5.41 Å². The van der Waals surface area contributed by atoms with Crippen LogP contribution in [0.4, 0.5) is 4.39 Å². The standard InChI is InChI=1S/C23H25FN2O3/c1-15-4-3-5-17(8-15)10-25-21(28)22-12-23(13-22,14-22)26-20(27)11-29-18-7-6-16(2)19(24)9-18/h3-9H,10-14H2,1-2H3,(H,25,28)(H,26,27). The molecule has 152 valence electrons. The molecular weight excluding hydrogens is 371 g/mol. The Morgan fingerprint density at radius 1 is 1.10 bits per heavy atom. The lowest BCUT2D eigenvalue weighted by atomic mass is 9.39. The Balaban J connectivity index is 1.21. The molecule has 2 N–H and O–H groups in total. The SMILES string of the molecule is Cc1cccc(CNC(=O)C23CC(NC(=O)COc4ccc(C)c(F)c4)(C2)C3)c1. The van der Waals surface area contributed by atoms with E-state index in [1.165, 1.54) is 11.6 Å². The molecule has 0 atom stereocenters. The molecule has 29 heavy (non-hydrogen) atoms. The molecule has 3 saturated carbocycles. The van der Waals surface area contributed by atoms with E-state index in [0.29, 0.717) is 37.1 Å². The predicted octanol–water partition coefficient (Wildman–Crippen LogP) is 3.18. The van der Waals surface area contributed by atoms with Crippen molar-refractivity contribution in [1.29, 1.82) is 0 Å². The number of hydrogen-bond acceptors (Lipinski definition) is 3. The molecule has 3 aliphatic rings. The second-order valence-corrected chi connectivity index (χ2v) is 8.51. The minimum atomic E-state index is -0.360. The first-order valence-corrected chi connectivity index (χ1v) is 9.83. The van der Waals surface area contributed by atoms with Gasteiger partial charge < -0.3 is 15.4 Å². The maximum absolute atomic E-state index is 13.5. The van der Waals surface area contributed by atoms with Crippen LogP contribution in [0.3, 0.4) is 0 Å². The maximum Gasteiger partial charge on any atom is 0.258 e. The molecule has 0 radical (unpaired) electrons. The minimum Gasteiger partial charge on any atom is -0.484 e. The van der Waals surface area contributed by atoms with Gasteiger partial charge in [-0.3, -0.25) is 9.59 Å². The molecule has 0 unspecified atom stereocenters. The van der Waals surface area contributed by atoms with Crippen molar-refractivity contribution in [2.45, 2.75) is 45.2 Å². The number of amides is 2. The Morgan fingerprint density at radius 3 is 2.55 bits per heavy atom. The molecule has 3 aliphatic carbocycles. The topological polar surface area (TPSA) is 67.4 Å². The summed E-state index contributed by atoms with van der Waals surface area (Å²) in [6.45, 7) is 4.04. The first kappa shape index (κ1) is 19.4. The Labute approximate surface area is 169 Å². The molecule has 2 aromatic rings. The van der Waals surface area contributed by atoms with Crippen LogP contribution < -0.4 is 15.4 Å². The van der Waals surface area contributed by atoms with Crippen molar-refractivity contribution in [1.82, 2.24) is 10.6 Å². The van der Waals surface area contributed by atoms with Crippen LogP contribution in [-0.4, -0.2) is 24.0 Å². The number of rotatable bonds is 7. The Kier molecular flexibility index (Phi) is 4.81. The Bertz CT molecular complexity index is 953. The van der Waals surface area contributed by atoms with Gasteiger partial charge in [0.25, 0.3) is 5.91 Å². The number of carbonyl (C=O) groups is 2. The molecule has 2 amide bonds. The van der Waals surface area contributed by atoms with E-state index in [1.54, 1.807) is 19.1 Å². The zero-order valence-electron chi connectivity index (χ0n) is 16.7. The molecule has 0 aromatic heterocycles. The molecule has 5 rings (SSSR count). The highest BCUT2D eigenvalue weighted by molar-refractivity contribution is 5.88. The molecule has 0 spiro atoms. The molecule has 0 heterocycles. The summed E-state index contributed by atoms with van der Waals surface area (Å²) in [5.74, 6) is -0.227. The third-order valence-corrected chi connectivity index (χ3v) is 5.97. The van der Waals surface area contributed by atoms with E-state index in [2.05, 4.69) is 16.7 Å². The predicted molar refractivity (Wildman–Crippen MR) is 107 cm³/mol. The summed E-state index contributed by atoms with van der Waals surface area (Å²) in [7, 11) is 0. The summed E-state index contributed by atoms with van der Waals surface area (Å²) in [4.78, 5) is 24.7. The number of benzene rings is 2. The fourth-order valence-electron chi connectivity index (χ4n) is 4.50. The Hall–Kier alpha value is -2.89. The summed E-state index contributed by atoms with van der Waals surface area (Å²) in [6.07, 6.45) is 1.97. The van der Waals surface area contributed by atoms with Crippen LogP contribution in [0.2, 0.25) is 0 Å². The molecule has 6 heteroatoms. The molecular formula is C23H25FN2O3. The van der Waals surface area contributed by atoms with Crippen molar-refractivity contribution in [3.05, 3.63) is 65.0 Å². The van der Waals surface area contributed by atoms with Gasteiger partial charge in [-0.2, -0.15) is 0 Å². The second-order valence-electron chi connectivity index (χ2n) is 8.51. The quantitative estimate of drug-likeness (QED) is 0.755. The zero-order valence-corrected chi connectivity index (χ0v) is 16.7. The number of hydrogen-bond donors (Lipinski definition) is 2. The van der Waals surface area contributed by atoms with Gasteiger partial charge in [-0.1, -0.05) is 35.9 Å². The number of nitrogens with one attached hydrogen (secondary N) is 2. The molecule has 5 nitrogen and oxygen atoms in total. The normalized spacial score (nSPS) is 24.1. The van der Waals surface area contributed by atoms with Gasteiger partial charge in [0, 0.05) is 18.2 Å². The third-order valence-electron chi connectivity index (χ3n) is 5.97. The summed E-state index contributed by atoms with van der Waals surface area (Å²) >= 11 is 0. The molecule has 2 bridgehead atoms. The summed E-state index contributed by atoms with van der Waals surface area (Å²) in [5, 5.41) is 6.00. The molecule has 2 aromatic carbocycles. The van der Waals surface area contributed by atoms with Crippen molar-refractivity contribution in [3.63, 3.8) is 0 Å². The fraction of sp³-hybridized carbons (Fsp3) is 0.391. The number of aryl methyl sites for hydroxylation is 2. The van der Waals surface area contributed by atoms with Crippen molar-refractivity contribution < 1.29 is 18.7 Å². The molecule has 0 aliphatic heterocycles. The van der Waals surface area contributed by atoms with E-state index in [-0.39, 0.29) is 35.2 Å². The third kappa shape index (κ3) is 3.84. The van der Waals surface area contributed by atoms with E-state index in [9.17, 15) is 14.0 Å². The number of carbonyl (C=O) groups excluding carboxylic acids is 2. The monoisotopic (exact) mass is 396 g/mol. The van der Waals surface area contributed by atoms with Crippen molar-refractivity contribution >= 4 is 11.8 Å². The highest BCUT2D eigenvalue weighted by atomic mass is 19.1. The lowest BCUT2D eigenvalue weighted by molar-refractivity contribution is -0.184. The Morgan fingerprint density at radius 2 is 1.86 bits per heavy atom. The fourth-order valence-corrected chi connectivity index (χ4v) is 4.50. The maximum atomic E-state index is 13.5. The summed E-state index contributed by atoms with van der Waals surface area (Å²) < 4.78 is 18.9. The highest BCUT2D eigenvalue weighted by Gasteiger charge is 2.72. The van der Waals surface area contributed by atoms with Gasteiger partial charge in [0.1, 0.15) is 11.6 Å². The highest BCUT2D eigenvalue weighted by Crippen LogP contribution is 2.67. The largest absolute Gasteiger partial charge is 0.484 e. The second kappa shape index (κ2) is 7.17.